The third kappa shape index (κ3) is 3.07. The second kappa shape index (κ2) is 6.08. The van der Waals surface area contributed by atoms with Crippen LogP contribution in [0.5, 0.6) is 0 Å². The number of anilines is 1. The van der Waals surface area contributed by atoms with E-state index in [-0.39, 0.29) is 6.04 Å². The molecule has 0 unspecified atom stereocenters. The van der Waals surface area contributed by atoms with E-state index in [0.717, 1.165) is 42.2 Å². The maximum absolute atomic E-state index is 6.49. The van der Waals surface area contributed by atoms with Crippen LogP contribution in [0.15, 0.2) is 42.5 Å². The largest absolute Gasteiger partial charge is 0.366 e. The van der Waals surface area contributed by atoms with Crippen LogP contribution in [-0.4, -0.2) is 6.54 Å². The van der Waals surface area contributed by atoms with Crippen molar-refractivity contribution in [2.45, 2.75) is 32.4 Å². The Balaban J connectivity index is 1.91. The van der Waals surface area contributed by atoms with Gasteiger partial charge in [0.05, 0.1) is 10.7 Å². The van der Waals surface area contributed by atoms with Gasteiger partial charge in [-0.2, -0.15) is 0 Å². The number of nitrogens with two attached hydrogens (primary N) is 1. The van der Waals surface area contributed by atoms with Crippen molar-refractivity contribution in [2.24, 2.45) is 5.73 Å². The highest BCUT2D eigenvalue weighted by atomic mass is 35.5. The summed E-state index contributed by atoms with van der Waals surface area (Å²) < 4.78 is 0. The van der Waals surface area contributed by atoms with Crippen LogP contribution >= 0.6 is 11.6 Å². The molecule has 0 spiro atoms. The van der Waals surface area contributed by atoms with Crippen LogP contribution in [0.1, 0.15) is 36.1 Å². The standard InChI is InChI=1S/C18H21ClN2/c1-13(20)15-8-9-18(17(19)11-15)21-10-4-7-14-5-2-3-6-16(14)12-21/h2-3,5-6,8-9,11,13H,4,7,10,12,20H2,1H3/t13-/m0/s1. The first-order chi connectivity index (χ1) is 10.1. The fourth-order valence-electron chi connectivity index (χ4n) is 2.97. The molecule has 0 bridgehead atoms. The average Bonchev–Trinajstić information content (AvgIpc) is 2.69. The number of benzene rings is 2. The Kier molecular flexibility index (Phi) is 4.18. The van der Waals surface area contributed by atoms with Crippen LogP contribution in [0.2, 0.25) is 5.02 Å². The number of rotatable bonds is 2. The maximum atomic E-state index is 6.49. The fraction of sp³-hybridized carbons (Fsp3) is 0.333. The molecule has 0 fully saturated rings. The van der Waals surface area contributed by atoms with Gasteiger partial charge in [0.1, 0.15) is 0 Å². The molecular weight excluding hydrogens is 280 g/mol. The second-order valence-electron chi connectivity index (χ2n) is 5.79. The van der Waals surface area contributed by atoms with Gasteiger partial charge in [0, 0.05) is 19.1 Å². The molecule has 21 heavy (non-hydrogen) atoms. The van der Waals surface area contributed by atoms with E-state index in [2.05, 4.69) is 41.3 Å². The summed E-state index contributed by atoms with van der Waals surface area (Å²) in [6, 6.07) is 14.9. The van der Waals surface area contributed by atoms with Gasteiger partial charge in [-0.15, -0.1) is 0 Å². The number of fused-ring (bicyclic) bond motifs is 1. The molecule has 0 saturated heterocycles. The highest BCUT2D eigenvalue weighted by molar-refractivity contribution is 6.33. The Morgan fingerprint density at radius 1 is 1.14 bits per heavy atom. The SMILES string of the molecule is C[C@H](N)c1ccc(N2CCCc3ccccc3C2)c(Cl)c1. The summed E-state index contributed by atoms with van der Waals surface area (Å²) in [5, 5.41) is 0.796. The first-order valence-corrected chi connectivity index (χ1v) is 7.89. The monoisotopic (exact) mass is 300 g/mol. The van der Waals surface area contributed by atoms with Gasteiger partial charge in [0.25, 0.3) is 0 Å². The van der Waals surface area contributed by atoms with Gasteiger partial charge >= 0.3 is 0 Å². The van der Waals surface area contributed by atoms with E-state index in [1.165, 1.54) is 11.1 Å². The fourth-order valence-corrected chi connectivity index (χ4v) is 3.28. The summed E-state index contributed by atoms with van der Waals surface area (Å²) in [6.07, 6.45) is 2.30. The number of aryl methyl sites for hydroxylation is 1. The molecule has 0 radical (unpaired) electrons. The van der Waals surface area contributed by atoms with Crippen molar-refractivity contribution < 1.29 is 0 Å². The van der Waals surface area contributed by atoms with Gasteiger partial charge in [0.2, 0.25) is 0 Å². The minimum atomic E-state index is 0.0152. The molecule has 0 aromatic heterocycles. The van der Waals surface area contributed by atoms with Gasteiger partial charge in [-0.1, -0.05) is 41.9 Å². The van der Waals surface area contributed by atoms with E-state index in [0.29, 0.717) is 0 Å². The zero-order valence-electron chi connectivity index (χ0n) is 12.3. The molecule has 2 aromatic rings. The summed E-state index contributed by atoms with van der Waals surface area (Å²) in [6.45, 7) is 3.94. The second-order valence-corrected chi connectivity index (χ2v) is 6.20. The lowest BCUT2D eigenvalue weighted by Gasteiger charge is -2.25. The topological polar surface area (TPSA) is 29.3 Å². The lowest BCUT2D eigenvalue weighted by Crippen LogP contribution is -2.23. The van der Waals surface area contributed by atoms with Crippen molar-refractivity contribution >= 4 is 17.3 Å². The van der Waals surface area contributed by atoms with Crippen molar-refractivity contribution in [3.05, 3.63) is 64.2 Å². The molecule has 0 saturated carbocycles. The van der Waals surface area contributed by atoms with Crippen molar-refractivity contribution in [3.63, 3.8) is 0 Å². The Hall–Kier alpha value is -1.51. The first kappa shape index (κ1) is 14.4. The van der Waals surface area contributed by atoms with Gasteiger partial charge in [-0.25, -0.2) is 0 Å². The summed E-state index contributed by atoms with van der Waals surface area (Å²) in [5.41, 5.74) is 11.0. The lowest BCUT2D eigenvalue weighted by molar-refractivity contribution is 0.764. The van der Waals surface area contributed by atoms with E-state index in [4.69, 9.17) is 17.3 Å². The Morgan fingerprint density at radius 2 is 1.90 bits per heavy atom. The number of halogens is 1. The molecule has 0 amide bonds. The van der Waals surface area contributed by atoms with Crippen molar-refractivity contribution in [1.29, 1.82) is 0 Å². The Bertz CT molecular complexity index is 637. The molecule has 3 rings (SSSR count). The minimum Gasteiger partial charge on any atom is -0.366 e. The van der Waals surface area contributed by atoms with Crippen LogP contribution in [-0.2, 0) is 13.0 Å². The summed E-state index contributed by atoms with van der Waals surface area (Å²) in [5.74, 6) is 0. The highest BCUT2D eigenvalue weighted by Gasteiger charge is 2.17. The van der Waals surface area contributed by atoms with Crippen LogP contribution in [0.4, 0.5) is 5.69 Å². The highest BCUT2D eigenvalue weighted by Crippen LogP contribution is 2.31. The van der Waals surface area contributed by atoms with Crippen LogP contribution < -0.4 is 10.6 Å². The molecule has 0 aliphatic carbocycles. The maximum Gasteiger partial charge on any atom is 0.0643 e. The Morgan fingerprint density at radius 3 is 2.62 bits per heavy atom. The van der Waals surface area contributed by atoms with E-state index >= 15 is 0 Å². The van der Waals surface area contributed by atoms with E-state index in [1.54, 1.807) is 0 Å². The zero-order valence-corrected chi connectivity index (χ0v) is 13.1. The molecule has 2 nitrogen and oxygen atoms in total. The molecule has 1 heterocycles. The van der Waals surface area contributed by atoms with Gasteiger partial charge in [0.15, 0.2) is 0 Å². The molecule has 3 heteroatoms. The smallest absolute Gasteiger partial charge is 0.0643 e. The quantitative estimate of drug-likeness (QED) is 0.895. The molecule has 2 N–H and O–H groups in total. The third-order valence-corrected chi connectivity index (χ3v) is 4.49. The average molecular weight is 301 g/mol. The number of hydrogen-bond acceptors (Lipinski definition) is 2. The summed E-state index contributed by atoms with van der Waals surface area (Å²) in [7, 11) is 0. The zero-order chi connectivity index (χ0) is 14.8. The molecule has 2 aromatic carbocycles. The lowest BCUT2D eigenvalue weighted by atomic mass is 10.0. The minimum absolute atomic E-state index is 0.0152. The van der Waals surface area contributed by atoms with E-state index < -0.39 is 0 Å². The molecule has 1 aliphatic rings. The van der Waals surface area contributed by atoms with Crippen LogP contribution in [0.3, 0.4) is 0 Å². The van der Waals surface area contributed by atoms with Crippen LogP contribution in [0, 0.1) is 0 Å². The summed E-state index contributed by atoms with van der Waals surface area (Å²) in [4.78, 5) is 2.37. The normalized spacial score (nSPS) is 16.2. The Labute approximate surface area is 131 Å². The van der Waals surface area contributed by atoms with E-state index in [9.17, 15) is 0 Å². The molecular formula is C18H21ClN2. The predicted molar refractivity (Wildman–Crippen MR) is 89.9 cm³/mol. The molecule has 1 aliphatic heterocycles. The van der Waals surface area contributed by atoms with Crippen LogP contribution in [0.25, 0.3) is 0 Å². The van der Waals surface area contributed by atoms with Gasteiger partial charge in [-0.3, -0.25) is 0 Å². The van der Waals surface area contributed by atoms with Crippen molar-refractivity contribution in [1.82, 2.24) is 0 Å². The van der Waals surface area contributed by atoms with E-state index in [1.807, 2.05) is 13.0 Å². The van der Waals surface area contributed by atoms with Crippen molar-refractivity contribution in [2.75, 3.05) is 11.4 Å². The first-order valence-electron chi connectivity index (χ1n) is 7.52. The number of nitrogens with zero attached hydrogens (tertiary/aromatic N) is 1. The molecule has 110 valence electrons. The van der Waals surface area contributed by atoms with Gasteiger partial charge in [-0.05, 0) is 48.6 Å². The third-order valence-electron chi connectivity index (χ3n) is 4.19. The summed E-state index contributed by atoms with van der Waals surface area (Å²) >= 11 is 6.49. The molecule has 1 atom stereocenters. The predicted octanol–water partition coefficient (Wildman–Crippen LogP) is 4.31. The van der Waals surface area contributed by atoms with Gasteiger partial charge < -0.3 is 10.6 Å². The number of hydrogen-bond donors (Lipinski definition) is 1. The van der Waals surface area contributed by atoms with Crippen molar-refractivity contribution in [3.8, 4) is 0 Å².